The van der Waals surface area contributed by atoms with Crippen LogP contribution in [0.15, 0.2) is 18.2 Å². The van der Waals surface area contributed by atoms with E-state index in [0.29, 0.717) is 5.69 Å². The first-order valence-corrected chi connectivity index (χ1v) is 5.82. The Bertz CT molecular complexity index is 600. The molecule has 18 heavy (non-hydrogen) atoms. The highest BCUT2D eigenvalue weighted by Crippen LogP contribution is 2.26. The molecule has 0 aliphatic carbocycles. The topological polar surface area (TPSA) is 66.0 Å². The van der Waals surface area contributed by atoms with Gasteiger partial charge in [-0.1, -0.05) is 17.7 Å². The Balaban J connectivity index is 2.55. The highest BCUT2D eigenvalue weighted by molar-refractivity contribution is 5.75. The lowest BCUT2D eigenvalue weighted by Gasteiger charge is -2.06. The van der Waals surface area contributed by atoms with E-state index in [-0.39, 0.29) is 6.42 Å². The Labute approximate surface area is 106 Å². The first kappa shape index (κ1) is 12.4. The Morgan fingerprint density at radius 1 is 1.33 bits per heavy atom. The monoisotopic (exact) mass is 244 g/mol. The number of carbonyl (C=O) groups is 1. The Morgan fingerprint density at radius 3 is 2.72 bits per heavy atom. The van der Waals surface area contributed by atoms with Gasteiger partial charge in [-0.3, -0.25) is 4.79 Å². The second-order valence-electron chi connectivity index (χ2n) is 4.54. The lowest BCUT2D eigenvalue weighted by Crippen LogP contribution is -2.02. The third-order valence-corrected chi connectivity index (χ3v) is 2.87. The summed E-state index contributed by atoms with van der Waals surface area (Å²) in [7, 11) is 0. The molecule has 0 bridgehead atoms. The van der Waals surface area contributed by atoms with Gasteiger partial charge in [0.25, 0.3) is 0 Å². The van der Waals surface area contributed by atoms with E-state index < -0.39 is 5.97 Å². The van der Waals surface area contributed by atoms with Crippen LogP contribution in [-0.2, 0) is 11.2 Å². The summed E-state index contributed by atoms with van der Waals surface area (Å²) in [5.41, 5.74) is 4.64. The smallest absolute Gasteiger partial charge is 0.309 e. The van der Waals surface area contributed by atoms with E-state index in [1.807, 2.05) is 39.0 Å². The van der Waals surface area contributed by atoms with Crippen molar-refractivity contribution in [3.63, 3.8) is 0 Å². The maximum atomic E-state index is 10.9. The van der Waals surface area contributed by atoms with Crippen molar-refractivity contribution in [2.75, 3.05) is 0 Å². The fourth-order valence-corrected chi connectivity index (χ4v) is 2.03. The first-order chi connectivity index (χ1) is 8.47. The van der Waals surface area contributed by atoms with Gasteiger partial charge in [0.15, 0.2) is 0 Å². The van der Waals surface area contributed by atoms with Crippen LogP contribution in [0.1, 0.15) is 22.6 Å². The van der Waals surface area contributed by atoms with E-state index in [9.17, 15) is 4.79 Å². The molecule has 0 fully saturated rings. The van der Waals surface area contributed by atoms with Crippen LogP contribution < -0.4 is 0 Å². The van der Waals surface area contributed by atoms with Gasteiger partial charge in [0.1, 0.15) is 5.82 Å². The van der Waals surface area contributed by atoms with E-state index in [1.165, 1.54) is 0 Å². The van der Waals surface area contributed by atoms with E-state index in [4.69, 9.17) is 5.11 Å². The molecule has 0 unspecified atom stereocenters. The van der Waals surface area contributed by atoms with Crippen LogP contribution in [0.4, 0.5) is 0 Å². The van der Waals surface area contributed by atoms with Crippen molar-refractivity contribution in [1.82, 2.24) is 9.97 Å². The molecule has 2 rings (SSSR count). The zero-order chi connectivity index (χ0) is 13.3. The summed E-state index contributed by atoms with van der Waals surface area (Å²) in [6.07, 6.45) is -0.0381. The molecule has 1 heterocycles. The number of aliphatic carboxylic acids is 1. The van der Waals surface area contributed by atoms with E-state index >= 15 is 0 Å². The number of hydrogen-bond donors (Lipinski definition) is 2. The molecule has 0 amide bonds. The van der Waals surface area contributed by atoms with Crippen molar-refractivity contribution in [2.24, 2.45) is 0 Å². The molecule has 4 nitrogen and oxygen atoms in total. The third kappa shape index (κ3) is 2.42. The van der Waals surface area contributed by atoms with Crippen molar-refractivity contribution in [3.05, 3.63) is 40.8 Å². The van der Waals surface area contributed by atoms with Crippen LogP contribution in [0.3, 0.4) is 0 Å². The molecule has 0 spiro atoms. The lowest BCUT2D eigenvalue weighted by molar-refractivity contribution is -0.136. The van der Waals surface area contributed by atoms with Gasteiger partial charge in [0.05, 0.1) is 17.8 Å². The molecule has 4 heteroatoms. The number of aromatic amines is 1. The van der Waals surface area contributed by atoms with Gasteiger partial charge in [-0.25, -0.2) is 4.98 Å². The summed E-state index contributed by atoms with van der Waals surface area (Å²) in [6.45, 7) is 5.85. The van der Waals surface area contributed by atoms with E-state index in [1.54, 1.807) is 0 Å². The van der Waals surface area contributed by atoms with Crippen LogP contribution >= 0.6 is 0 Å². The predicted molar refractivity (Wildman–Crippen MR) is 69.6 cm³/mol. The van der Waals surface area contributed by atoms with Crippen molar-refractivity contribution >= 4 is 5.97 Å². The second kappa shape index (κ2) is 4.64. The first-order valence-electron chi connectivity index (χ1n) is 5.82. The number of benzene rings is 1. The van der Waals surface area contributed by atoms with Gasteiger partial charge >= 0.3 is 5.97 Å². The zero-order valence-electron chi connectivity index (χ0n) is 10.7. The molecular formula is C14H16N2O2. The van der Waals surface area contributed by atoms with Gasteiger partial charge in [-0.05, 0) is 32.4 Å². The van der Waals surface area contributed by atoms with Crippen LogP contribution in [0, 0.1) is 20.8 Å². The van der Waals surface area contributed by atoms with Crippen molar-refractivity contribution < 1.29 is 9.90 Å². The van der Waals surface area contributed by atoms with Crippen molar-refractivity contribution in [2.45, 2.75) is 27.2 Å². The number of H-pyrrole nitrogens is 1. The fourth-order valence-electron chi connectivity index (χ4n) is 2.03. The number of rotatable bonds is 3. The van der Waals surface area contributed by atoms with Crippen LogP contribution in [0.25, 0.3) is 11.3 Å². The number of imidazole rings is 1. The molecule has 2 aromatic rings. The maximum absolute atomic E-state index is 10.9. The highest BCUT2D eigenvalue weighted by atomic mass is 16.4. The number of aryl methyl sites for hydroxylation is 3. The maximum Gasteiger partial charge on any atom is 0.309 e. The minimum Gasteiger partial charge on any atom is -0.481 e. The summed E-state index contributed by atoms with van der Waals surface area (Å²) in [5.74, 6) is -0.118. The van der Waals surface area contributed by atoms with Crippen molar-refractivity contribution in [3.8, 4) is 11.3 Å². The lowest BCUT2D eigenvalue weighted by atomic mass is 10.0. The van der Waals surface area contributed by atoms with Gasteiger partial charge in [-0.15, -0.1) is 0 Å². The molecule has 94 valence electrons. The summed E-state index contributed by atoms with van der Waals surface area (Å²) in [5, 5.41) is 8.92. The van der Waals surface area contributed by atoms with Crippen LogP contribution in [0.5, 0.6) is 0 Å². The Hall–Kier alpha value is -2.10. The van der Waals surface area contributed by atoms with Gasteiger partial charge in [0, 0.05) is 5.56 Å². The average molecular weight is 244 g/mol. The molecule has 1 aromatic carbocycles. The van der Waals surface area contributed by atoms with Crippen LogP contribution in [-0.4, -0.2) is 21.0 Å². The number of nitrogens with zero attached hydrogens (tertiary/aromatic N) is 1. The standard InChI is InChI=1S/C14H16N2O2/c1-8-4-5-9(2)11(6-8)14-12(7-13(17)18)15-10(3)16-14/h4-6H,7H2,1-3H3,(H,15,16)(H,17,18). The number of carboxylic acid groups (broad SMARTS) is 1. The van der Waals surface area contributed by atoms with Gasteiger partial charge in [-0.2, -0.15) is 0 Å². The SMILES string of the molecule is Cc1ccc(C)c(-c2nc(C)[nH]c2CC(=O)O)c1. The molecular weight excluding hydrogens is 228 g/mol. The number of hydrogen-bond acceptors (Lipinski definition) is 2. The average Bonchev–Trinajstić information content (AvgIpc) is 2.62. The largest absolute Gasteiger partial charge is 0.481 e. The minimum atomic E-state index is -0.856. The number of aromatic nitrogens is 2. The normalized spacial score (nSPS) is 10.6. The summed E-state index contributed by atoms with van der Waals surface area (Å²) >= 11 is 0. The molecule has 0 aliphatic rings. The second-order valence-corrected chi connectivity index (χ2v) is 4.54. The van der Waals surface area contributed by atoms with Gasteiger partial charge < -0.3 is 10.1 Å². The summed E-state index contributed by atoms with van der Waals surface area (Å²) in [6, 6.07) is 6.10. The molecule has 0 radical (unpaired) electrons. The van der Waals surface area contributed by atoms with Crippen molar-refractivity contribution in [1.29, 1.82) is 0 Å². The number of nitrogens with one attached hydrogen (secondary N) is 1. The summed E-state index contributed by atoms with van der Waals surface area (Å²) < 4.78 is 0. The quantitative estimate of drug-likeness (QED) is 0.872. The minimum absolute atomic E-state index is 0.0381. The molecule has 0 aliphatic heterocycles. The molecule has 0 atom stereocenters. The molecule has 2 N–H and O–H groups in total. The van der Waals surface area contributed by atoms with E-state index in [0.717, 1.165) is 28.2 Å². The number of carboxylic acids is 1. The highest BCUT2D eigenvalue weighted by Gasteiger charge is 2.15. The zero-order valence-corrected chi connectivity index (χ0v) is 10.7. The van der Waals surface area contributed by atoms with Gasteiger partial charge in [0.2, 0.25) is 0 Å². The molecule has 1 aromatic heterocycles. The Kier molecular flexibility index (Phi) is 3.19. The Morgan fingerprint density at radius 2 is 2.06 bits per heavy atom. The van der Waals surface area contributed by atoms with Crippen LogP contribution in [0.2, 0.25) is 0 Å². The molecule has 0 saturated carbocycles. The fraction of sp³-hybridized carbons (Fsp3) is 0.286. The van der Waals surface area contributed by atoms with E-state index in [2.05, 4.69) is 9.97 Å². The molecule has 0 saturated heterocycles. The third-order valence-electron chi connectivity index (χ3n) is 2.87. The summed E-state index contributed by atoms with van der Waals surface area (Å²) in [4.78, 5) is 18.3. The predicted octanol–water partition coefficient (Wildman–Crippen LogP) is 2.63.